The van der Waals surface area contributed by atoms with Crippen LogP contribution in [0.5, 0.6) is 17.2 Å². The van der Waals surface area contributed by atoms with Crippen molar-refractivity contribution in [3.63, 3.8) is 0 Å². The van der Waals surface area contributed by atoms with E-state index in [1.165, 1.54) is 0 Å². The first kappa shape index (κ1) is 13.8. The highest BCUT2D eigenvalue weighted by Crippen LogP contribution is 2.18. The zero-order valence-corrected chi connectivity index (χ0v) is 11.6. The lowest BCUT2D eigenvalue weighted by Gasteiger charge is -2.04. The van der Waals surface area contributed by atoms with E-state index in [0.717, 1.165) is 22.8 Å². The minimum absolute atomic E-state index is 0.333. The highest BCUT2D eigenvalue weighted by atomic mass is 16.5. The Labute approximate surface area is 119 Å². The fourth-order valence-corrected chi connectivity index (χ4v) is 1.62. The predicted molar refractivity (Wildman–Crippen MR) is 78.4 cm³/mol. The molecular weight excluding hydrogens is 252 g/mol. The van der Waals surface area contributed by atoms with Crippen LogP contribution in [-0.4, -0.2) is 20.8 Å². The Bertz CT molecular complexity index is 606. The van der Waals surface area contributed by atoms with Gasteiger partial charge in [-0.15, -0.1) is 0 Å². The van der Waals surface area contributed by atoms with Gasteiger partial charge in [-0.1, -0.05) is 17.9 Å². The van der Waals surface area contributed by atoms with Crippen LogP contribution in [-0.2, 0) is 0 Å². The summed E-state index contributed by atoms with van der Waals surface area (Å²) in [5, 5.41) is 0. The minimum Gasteiger partial charge on any atom is -0.497 e. The summed E-state index contributed by atoms with van der Waals surface area (Å²) in [5.41, 5.74) is 0.931. The predicted octanol–water partition coefficient (Wildman–Crippen LogP) is 3.13. The zero-order valence-electron chi connectivity index (χ0n) is 11.6. The second-order valence-electron chi connectivity index (χ2n) is 4.00. The molecule has 0 radical (unpaired) electrons. The van der Waals surface area contributed by atoms with E-state index in [1.54, 1.807) is 14.2 Å². The topological polar surface area (TPSA) is 27.7 Å². The molecular formula is C17H16O3. The third kappa shape index (κ3) is 3.96. The summed E-state index contributed by atoms with van der Waals surface area (Å²) in [6.45, 7) is 0.333. The van der Waals surface area contributed by atoms with Crippen LogP contribution in [0.15, 0.2) is 48.5 Å². The highest BCUT2D eigenvalue weighted by molar-refractivity contribution is 5.38. The molecule has 102 valence electrons. The molecule has 0 aliphatic heterocycles. The Kier molecular flexibility index (Phi) is 4.91. The lowest BCUT2D eigenvalue weighted by atomic mass is 10.2. The SMILES string of the molecule is COc1ccc(C#CCOc2cccc(OC)c2)cc1. The summed E-state index contributed by atoms with van der Waals surface area (Å²) in [7, 11) is 3.27. The van der Waals surface area contributed by atoms with Crippen LogP contribution in [0.25, 0.3) is 0 Å². The van der Waals surface area contributed by atoms with Gasteiger partial charge < -0.3 is 14.2 Å². The van der Waals surface area contributed by atoms with Gasteiger partial charge in [0.15, 0.2) is 0 Å². The Morgan fingerprint density at radius 2 is 1.55 bits per heavy atom. The molecule has 0 atom stereocenters. The van der Waals surface area contributed by atoms with E-state index < -0.39 is 0 Å². The molecule has 0 bridgehead atoms. The number of hydrogen-bond acceptors (Lipinski definition) is 3. The van der Waals surface area contributed by atoms with E-state index in [2.05, 4.69) is 11.8 Å². The van der Waals surface area contributed by atoms with E-state index in [4.69, 9.17) is 14.2 Å². The Hall–Kier alpha value is -2.60. The maximum absolute atomic E-state index is 5.54. The summed E-state index contributed by atoms with van der Waals surface area (Å²) in [5.74, 6) is 8.34. The van der Waals surface area contributed by atoms with E-state index in [1.807, 2.05) is 48.5 Å². The van der Waals surface area contributed by atoms with Crippen molar-refractivity contribution >= 4 is 0 Å². The van der Waals surface area contributed by atoms with Gasteiger partial charge in [-0.2, -0.15) is 0 Å². The molecule has 2 aromatic rings. The lowest BCUT2D eigenvalue weighted by Crippen LogP contribution is -1.94. The van der Waals surface area contributed by atoms with Gasteiger partial charge in [0.05, 0.1) is 14.2 Å². The van der Waals surface area contributed by atoms with Crippen molar-refractivity contribution in [3.05, 3.63) is 54.1 Å². The number of benzene rings is 2. The van der Waals surface area contributed by atoms with Crippen molar-refractivity contribution in [1.29, 1.82) is 0 Å². The van der Waals surface area contributed by atoms with Crippen molar-refractivity contribution in [2.75, 3.05) is 20.8 Å². The van der Waals surface area contributed by atoms with Gasteiger partial charge in [0.2, 0.25) is 0 Å². The molecule has 0 saturated heterocycles. The van der Waals surface area contributed by atoms with E-state index in [-0.39, 0.29) is 0 Å². The van der Waals surface area contributed by atoms with Crippen molar-refractivity contribution < 1.29 is 14.2 Å². The zero-order chi connectivity index (χ0) is 14.2. The molecule has 0 aliphatic carbocycles. The molecule has 0 N–H and O–H groups in total. The quantitative estimate of drug-likeness (QED) is 0.797. The molecule has 0 aliphatic rings. The second kappa shape index (κ2) is 7.10. The van der Waals surface area contributed by atoms with Gasteiger partial charge in [-0.3, -0.25) is 0 Å². The summed E-state index contributed by atoms with van der Waals surface area (Å²) in [6.07, 6.45) is 0. The molecule has 3 nitrogen and oxygen atoms in total. The third-order valence-electron chi connectivity index (χ3n) is 2.67. The molecule has 2 aromatic carbocycles. The Morgan fingerprint density at radius 1 is 0.850 bits per heavy atom. The molecule has 0 fully saturated rings. The van der Waals surface area contributed by atoms with Crippen LogP contribution in [0.4, 0.5) is 0 Å². The molecule has 20 heavy (non-hydrogen) atoms. The monoisotopic (exact) mass is 268 g/mol. The fourth-order valence-electron chi connectivity index (χ4n) is 1.62. The van der Waals surface area contributed by atoms with Gasteiger partial charge in [0, 0.05) is 11.6 Å². The largest absolute Gasteiger partial charge is 0.497 e. The van der Waals surface area contributed by atoms with Crippen LogP contribution < -0.4 is 14.2 Å². The summed E-state index contributed by atoms with van der Waals surface area (Å²) < 4.78 is 15.8. The van der Waals surface area contributed by atoms with Gasteiger partial charge >= 0.3 is 0 Å². The van der Waals surface area contributed by atoms with Crippen LogP contribution in [0.3, 0.4) is 0 Å². The van der Waals surface area contributed by atoms with Gasteiger partial charge in [0.25, 0.3) is 0 Å². The van der Waals surface area contributed by atoms with E-state index in [9.17, 15) is 0 Å². The molecule has 0 spiro atoms. The Balaban J connectivity index is 1.90. The molecule has 3 heteroatoms. The molecule has 0 heterocycles. The number of hydrogen-bond donors (Lipinski definition) is 0. The Morgan fingerprint density at radius 3 is 2.25 bits per heavy atom. The van der Waals surface area contributed by atoms with Crippen LogP contribution in [0.2, 0.25) is 0 Å². The van der Waals surface area contributed by atoms with Gasteiger partial charge in [-0.05, 0) is 36.4 Å². The van der Waals surface area contributed by atoms with Crippen molar-refractivity contribution in [3.8, 4) is 29.1 Å². The molecule has 0 aromatic heterocycles. The number of ether oxygens (including phenoxy) is 3. The maximum atomic E-state index is 5.54. The van der Waals surface area contributed by atoms with Crippen LogP contribution in [0.1, 0.15) is 5.56 Å². The maximum Gasteiger partial charge on any atom is 0.149 e. The first-order valence-corrected chi connectivity index (χ1v) is 6.21. The smallest absolute Gasteiger partial charge is 0.149 e. The minimum atomic E-state index is 0.333. The van der Waals surface area contributed by atoms with Crippen molar-refractivity contribution in [1.82, 2.24) is 0 Å². The first-order chi connectivity index (χ1) is 9.81. The van der Waals surface area contributed by atoms with E-state index >= 15 is 0 Å². The first-order valence-electron chi connectivity index (χ1n) is 6.21. The van der Waals surface area contributed by atoms with Crippen LogP contribution >= 0.6 is 0 Å². The van der Waals surface area contributed by atoms with Crippen molar-refractivity contribution in [2.45, 2.75) is 0 Å². The van der Waals surface area contributed by atoms with Gasteiger partial charge in [-0.25, -0.2) is 0 Å². The van der Waals surface area contributed by atoms with Crippen molar-refractivity contribution in [2.24, 2.45) is 0 Å². The van der Waals surface area contributed by atoms with Crippen LogP contribution in [0, 0.1) is 11.8 Å². The van der Waals surface area contributed by atoms with E-state index in [0.29, 0.717) is 6.61 Å². The number of rotatable bonds is 4. The summed E-state index contributed by atoms with van der Waals surface area (Å²) in [4.78, 5) is 0. The normalized spacial score (nSPS) is 9.30. The molecule has 0 unspecified atom stereocenters. The molecule has 0 amide bonds. The molecule has 2 rings (SSSR count). The number of methoxy groups -OCH3 is 2. The standard InChI is InChI=1S/C17H16O3/c1-18-15-10-8-14(9-11-15)5-4-12-20-17-7-3-6-16(13-17)19-2/h3,6-11,13H,12H2,1-2H3. The van der Waals surface area contributed by atoms with Gasteiger partial charge in [0.1, 0.15) is 23.9 Å². The summed E-state index contributed by atoms with van der Waals surface area (Å²) in [6, 6.07) is 15.0. The average molecular weight is 268 g/mol. The highest BCUT2D eigenvalue weighted by Gasteiger charge is 1.95. The molecule has 0 saturated carbocycles. The third-order valence-corrected chi connectivity index (χ3v) is 2.67. The average Bonchev–Trinajstić information content (AvgIpc) is 2.52. The summed E-state index contributed by atoms with van der Waals surface area (Å²) >= 11 is 0. The lowest BCUT2D eigenvalue weighted by molar-refractivity contribution is 0.363. The fraction of sp³-hybridized carbons (Fsp3) is 0.176. The second-order valence-corrected chi connectivity index (χ2v) is 4.00.